The molecule has 2 aromatic heterocycles. The van der Waals surface area contributed by atoms with E-state index in [1.807, 2.05) is 58.3 Å². The molecule has 0 bridgehead atoms. The van der Waals surface area contributed by atoms with Crippen molar-refractivity contribution in [3.05, 3.63) is 94.0 Å². The Hall–Kier alpha value is -5.20. The average molecular weight is 739 g/mol. The normalized spacial score (nSPS) is 17.9. The second-order valence-electron chi connectivity index (χ2n) is 14.0. The lowest BCUT2D eigenvalue weighted by Gasteiger charge is -2.33. The van der Waals surface area contributed by atoms with Gasteiger partial charge in [0.25, 0.3) is 0 Å². The lowest BCUT2D eigenvalue weighted by Crippen LogP contribution is -2.44. The average Bonchev–Trinajstić information content (AvgIpc) is 3.18. The van der Waals surface area contributed by atoms with Crippen LogP contribution in [0.5, 0.6) is 23.5 Å². The van der Waals surface area contributed by atoms with Crippen molar-refractivity contribution in [2.75, 3.05) is 27.3 Å². The number of carboxylic acids is 2. The number of rotatable bonds is 15. The zero-order valence-corrected chi connectivity index (χ0v) is 31.5. The van der Waals surface area contributed by atoms with Crippen LogP contribution in [0.2, 0.25) is 0 Å². The number of likely N-dealkylation sites (tertiary alicyclic amines) is 2. The van der Waals surface area contributed by atoms with E-state index in [2.05, 4.69) is 35.9 Å². The third kappa shape index (κ3) is 8.94. The smallest absolute Gasteiger partial charge is 0.320 e. The van der Waals surface area contributed by atoms with E-state index in [-0.39, 0.29) is 0 Å². The van der Waals surface area contributed by atoms with Crippen molar-refractivity contribution in [2.24, 2.45) is 0 Å². The van der Waals surface area contributed by atoms with Gasteiger partial charge in [0.2, 0.25) is 23.5 Å². The third-order valence-electron chi connectivity index (χ3n) is 10.7. The van der Waals surface area contributed by atoms with Crippen molar-refractivity contribution in [2.45, 2.75) is 90.8 Å². The fourth-order valence-corrected chi connectivity index (χ4v) is 7.58. The summed E-state index contributed by atoms with van der Waals surface area (Å²) in [6.07, 6.45) is 5.05. The summed E-state index contributed by atoms with van der Waals surface area (Å²) in [5.41, 5.74) is 8.05. The van der Waals surface area contributed by atoms with Crippen LogP contribution in [0.3, 0.4) is 0 Å². The van der Waals surface area contributed by atoms with Crippen molar-refractivity contribution < 1.29 is 38.7 Å². The number of carbonyl (C=O) groups is 2. The van der Waals surface area contributed by atoms with Gasteiger partial charge in [-0.2, -0.15) is 9.97 Å². The molecular weight excluding hydrogens is 688 g/mol. The molecule has 2 aromatic carbocycles. The lowest BCUT2D eigenvalue weighted by molar-refractivity contribution is -0.145. The van der Waals surface area contributed by atoms with E-state index in [4.69, 9.17) is 18.9 Å². The number of aromatic nitrogens is 2. The third-order valence-corrected chi connectivity index (χ3v) is 10.7. The number of hydrogen-bond donors (Lipinski definition) is 2. The minimum Gasteiger partial charge on any atom is -0.481 e. The molecule has 54 heavy (non-hydrogen) atoms. The Labute approximate surface area is 316 Å². The maximum atomic E-state index is 11.8. The number of carboxylic acid groups (broad SMARTS) is 2. The molecule has 0 amide bonds. The van der Waals surface area contributed by atoms with Crippen LogP contribution in [0.1, 0.15) is 71.9 Å². The Morgan fingerprint density at radius 1 is 0.630 bits per heavy atom. The quantitative estimate of drug-likeness (QED) is 0.132. The number of hydrogen-bond acceptors (Lipinski definition) is 10. The number of nitrogens with zero attached hydrogens (tertiary/aromatic N) is 4. The maximum absolute atomic E-state index is 11.8. The summed E-state index contributed by atoms with van der Waals surface area (Å²) in [6.45, 7) is 7.14. The van der Waals surface area contributed by atoms with Crippen molar-refractivity contribution in [3.8, 4) is 34.6 Å². The van der Waals surface area contributed by atoms with E-state index in [1.165, 1.54) is 0 Å². The second kappa shape index (κ2) is 17.7. The highest BCUT2D eigenvalue weighted by molar-refractivity contribution is 5.74. The van der Waals surface area contributed by atoms with Crippen LogP contribution in [0.4, 0.5) is 0 Å². The van der Waals surface area contributed by atoms with Gasteiger partial charge in [-0.1, -0.05) is 49.2 Å². The first-order valence-corrected chi connectivity index (χ1v) is 18.6. The van der Waals surface area contributed by atoms with E-state index < -0.39 is 24.0 Å². The molecule has 12 heteroatoms. The maximum Gasteiger partial charge on any atom is 0.320 e. The Morgan fingerprint density at radius 2 is 1.06 bits per heavy atom. The highest BCUT2D eigenvalue weighted by atomic mass is 16.5. The molecule has 2 saturated heterocycles. The first-order valence-electron chi connectivity index (χ1n) is 18.6. The van der Waals surface area contributed by atoms with Gasteiger partial charge in [0, 0.05) is 36.3 Å². The molecule has 2 aliphatic heterocycles. The number of methoxy groups -OCH3 is 2. The largest absolute Gasteiger partial charge is 0.481 e. The molecule has 0 saturated carbocycles. The molecule has 4 aromatic rings. The van der Waals surface area contributed by atoms with Gasteiger partial charge < -0.3 is 29.2 Å². The number of pyridine rings is 2. The Bertz CT molecular complexity index is 1810. The van der Waals surface area contributed by atoms with Crippen LogP contribution < -0.4 is 18.9 Å². The van der Waals surface area contributed by atoms with Crippen LogP contribution in [-0.4, -0.2) is 81.3 Å². The second-order valence-corrected chi connectivity index (χ2v) is 14.0. The highest BCUT2D eigenvalue weighted by Crippen LogP contribution is 2.33. The monoisotopic (exact) mass is 738 g/mol. The van der Waals surface area contributed by atoms with Crippen LogP contribution in [0.25, 0.3) is 11.1 Å². The molecule has 2 atom stereocenters. The molecule has 2 N–H and O–H groups in total. The molecule has 0 spiro atoms. The molecule has 0 radical (unpaired) electrons. The van der Waals surface area contributed by atoms with E-state index in [1.54, 1.807) is 14.2 Å². The first-order chi connectivity index (χ1) is 26.2. The van der Waals surface area contributed by atoms with E-state index in [0.29, 0.717) is 62.7 Å². The van der Waals surface area contributed by atoms with Crippen molar-refractivity contribution >= 4 is 11.9 Å². The predicted molar refractivity (Wildman–Crippen MR) is 203 cm³/mol. The van der Waals surface area contributed by atoms with Gasteiger partial charge in [-0.3, -0.25) is 19.4 Å². The van der Waals surface area contributed by atoms with Crippen LogP contribution in [0, 0.1) is 13.8 Å². The first kappa shape index (κ1) is 38.5. The Kier molecular flexibility index (Phi) is 12.7. The van der Waals surface area contributed by atoms with Gasteiger partial charge in [-0.15, -0.1) is 0 Å². The summed E-state index contributed by atoms with van der Waals surface area (Å²) in [5.74, 6) is 0.128. The topological polar surface area (TPSA) is 144 Å². The lowest BCUT2D eigenvalue weighted by atomic mass is 9.92. The van der Waals surface area contributed by atoms with E-state index in [0.717, 1.165) is 83.3 Å². The molecule has 2 unspecified atom stereocenters. The summed E-state index contributed by atoms with van der Waals surface area (Å²) in [7, 11) is 3.13. The minimum atomic E-state index is -0.794. The number of piperidine rings is 2. The van der Waals surface area contributed by atoms with Gasteiger partial charge in [0.1, 0.15) is 25.3 Å². The molecule has 12 nitrogen and oxygen atoms in total. The summed E-state index contributed by atoms with van der Waals surface area (Å²) >= 11 is 0. The number of aliphatic carboxylic acids is 2. The molecule has 6 rings (SSSR count). The van der Waals surface area contributed by atoms with Crippen LogP contribution in [-0.2, 0) is 35.9 Å². The van der Waals surface area contributed by atoms with Crippen LogP contribution in [0.15, 0.2) is 60.7 Å². The number of benzene rings is 2. The molecule has 2 fully saturated rings. The SMILES string of the molecule is COc1nc(OCc2cccc(-c3cccc(COc4ccc(CN5CCCCC5C(=O)O)c(OC)n4)c3C)c2C)ccc1CN1CCCCC1C(=O)O. The fourth-order valence-electron chi connectivity index (χ4n) is 7.58. The van der Waals surface area contributed by atoms with Crippen molar-refractivity contribution in [1.82, 2.24) is 19.8 Å². The summed E-state index contributed by atoms with van der Waals surface area (Å²) in [5, 5.41) is 19.4. The van der Waals surface area contributed by atoms with Crippen molar-refractivity contribution in [3.63, 3.8) is 0 Å². The predicted octanol–water partition coefficient (Wildman–Crippen LogP) is 6.81. The zero-order valence-electron chi connectivity index (χ0n) is 31.5. The van der Waals surface area contributed by atoms with Crippen molar-refractivity contribution in [1.29, 1.82) is 0 Å². The van der Waals surface area contributed by atoms with E-state index >= 15 is 0 Å². The molecule has 4 heterocycles. The zero-order chi connectivity index (χ0) is 38.2. The summed E-state index contributed by atoms with van der Waals surface area (Å²) in [6, 6.07) is 18.8. The molecule has 2 aliphatic rings. The fraction of sp³-hybridized carbons (Fsp3) is 0.429. The summed E-state index contributed by atoms with van der Waals surface area (Å²) < 4.78 is 23.5. The summed E-state index contributed by atoms with van der Waals surface area (Å²) in [4.78, 5) is 36.8. The minimum absolute atomic E-state index is 0.308. The van der Waals surface area contributed by atoms with Gasteiger partial charge in [-0.25, -0.2) is 0 Å². The van der Waals surface area contributed by atoms with Gasteiger partial charge in [0.05, 0.1) is 14.2 Å². The molecular formula is C42H50N4O8. The van der Waals surface area contributed by atoms with Gasteiger partial charge in [0.15, 0.2) is 0 Å². The highest BCUT2D eigenvalue weighted by Gasteiger charge is 2.30. The van der Waals surface area contributed by atoms with Gasteiger partial charge in [-0.05, 0) is 98.1 Å². The molecule has 286 valence electrons. The van der Waals surface area contributed by atoms with E-state index in [9.17, 15) is 19.8 Å². The Balaban J connectivity index is 1.11. The standard InChI is InChI=1S/C42H50N4O8/c1-27-31(25-53-37-19-17-29(39(43-37)51-3)23-45-21-7-5-15-35(45)41(47)48)11-9-13-33(27)34-14-10-12-32(28(34)2)26-54-38-20-18-30(40(44-38)52-4)24-46-22-8-6-16-36(46)42(49)50/h9-14,17-20,35-36H,5-8,15-16,21-26H2,1-4H3,(H,47,48)(H,49,50). The number of ether oxygens (including phenoxy) is 4. The van der Waals surface area contributed by atoms with Crippen LogP contribution >= 0.6 is 0 Å². The Morgan fingerprint density at radius 3 is 1.44 bits per heavy atom. The van der Waals surface area contributed by atoms with Gasteiger partial charge >= 0.3 is 11.9 Å². The molecule has 0 aliphatic carbocycles.